The first-order valence-electron chi connectivity index (χ1n) is 10.3. The van der Waals surface area contributed by atoms with Crippen LogP contribution in [0, 0.1) is 0 Å². The smallest absolute Gasteiger partial charge is 0.407 e. The van der Waals surface area contributed by atoms with Crippen LogP contribution in [0.25, 0.3) is 0 Å². The van der Waals surface area contributed by atoms with E-state index < -0.39 is 11.7 Å². The van der Waals surface area contributed by atoms with Crippen LogP contribution in [0.3, 0.4) is 0 Å². The molecule has 2 rings (SSSR count). The maximum Gasteiger partial charge on any atom is 0.407 e. The van der Waals surface area contributed by atoms with Crippen molar-refractivity contribution in [1.29, 1.82) is 0 Å². The Bertz CT molecular complexity index is 841. The summed E-state index contributed by atoms with van der Waals surface area (Å²) >= 11 is 0. The van der Waals surface area contributed by atoms with Gasteiger partial charge in [-0.25, -0.2) is 4.79 Å². The maximum absolute atomic E-state index is 12.9. The molecular formula is C24H32N2O4. The first-order chi connectivity index (χ1) is 14.2. The van der Waals surface area contributed by atoms with Crippen LogP contribution < -0.4 is 15.4 Å². The summed E-state index contributed by atoms with van der Waals surface area (Å²) in [6.07, 6.45) is 0.438. The highest BCUT2D eigenvalue weighted by Gasteiger charge is 2.18. The number of amides is 2. The van der Waals surface area contributed by atoms with Gasteiger partial charge in [0, 0.05) is 12.1 Å². The van der Waals surface area contributed by atoms with Crippen LogP contribution in [-0.2, 0) is 11.3 Å². The highest BCUT2D eigenvalue weighted by atomic mass is 16.6. The van der Waals surface area contributed by atoms with Gasteiger partial charge >= 0.3 is 6.09 Å². The Morgan fingerprint density at radius 3 is 2.33 bits per heavy atom. The number of benzene rings is 2. The van der Waals surface area contributed by atoms with E-state index in [0.717, 1.165) is 23.3 Å². The monoisotopic (exact) mass is 412 g/mol. The van der Waals surface area contributed by atoms with E-state index >= 15 is 0 Å². The molecule has 1 atom stereocenters. The third kappa shape index (κ3) is 7.43. The second-order valence-electron chi connectivity index (χ2n) is 8.13. The minimum Gasteiger partial charge on any atom is -0.494 e. The van der Waals surface area contributed by atoms with E-state index in [1.54, 1.807) is 32.9 Å². The first-order valence-corrected chi connectivity index (χ1v) is 10.3. The van der Waals surface area contributed by atoms with Crippen LogP contribution in [0.4, 0.5) is 4.79 Å². The molecule has 0 aliphatic rings. The second-order valence-corrected chi connectivity index (χ2v) is 8.13. The van der Waals surface area contributed by atoms with Crippen molar-refractivity contribution in [3.05, 3.63) is 65.2 Å². The number of carbonyl (C=O) groups is 2. The maximum atomic E-state index is 12.9. The van der Waals surface area contributed by atoms with Gasteiger partial charge in [0.1, 0.15) is 11.4 Å². The number of rotatable bonds is 8. The zero-order chi connectivity index (χ0) is 22.1. The summed E-state index contributed by atoms with van der Waals surface area (Å²) < 4.78 is 10.9. The third-order valence-electron chi connectivity index (χ3n) is 4.28. The van der Waals surface area contributed by atoms with E-state index in [4.69, 9.17) is 9.47 Å². The highest BCUT2D eigenvalue weighted by molar-refractivity contribution is 5.96. The quantitative estimate of drug-likeness (QED) is 0.640. The first kappa shape index (κ1) is 23.3. The van der Waals surface area contributed by atoms with Crippen LogP contribution in [0.1, 0.15) is 68.6 Å². The van der Waals surface area contributed by atoms with E-state index in [2.05, 4.69) is 17.6 Å². The number of hydrogen-bond donors (Lipinski definition) is 2. The van der Waals surface area contributed by atoms with Gasteiger partial charge in [0.2, 0.25) is 0 Å². The minimum absolute atomic E-state index is 0.176. The molecule has 2 aromatic carbocycles. The van der Waals surface area contributed by atoms with Crippen LogP contribution in [0.2, 0.25) is 0 Å². The summed E-state index contributed by atoms with van der Waals surface area (Å²) in [6.45, 7) is 10.3. The lowest BCUT2D eigenvalue weighted by atomic mass is 10.0. The Morgan fingerprint density at radius 1 is 1.03 bits per heavy atom. The normalized spacial score (nSPS) is 12.0. The summed E-state index contributed by atoms with van der Waals surface area (Å²) in [5.74, 6) is 0.619. The molecule has 2 amide bonds. The molecule has 0 spiro atoms. The number of ether oxygens (including phenoxy) is 2. The molecule has 2 aromatic rings. The fourth-order valence-corrected chi connectivity index (χ4v) is 2.81. The molecule has 0 aliphatic carbocycles. The summed E-state index contributed by atoms with van der Waals surface area (Å²) in [7, 11) is 0. The lowest BCUT2D eigenvalue weighted by Crippen LogP contribution is -2.33. The van der Waals surface area contributed by atoms with Crippen molar-refractivity contribution in [1.82, 2.24) is 10.6 Å². The molecule has 0 aliphatic heterocycles. The molecule has 0 saturated heterocycles. The van der Waals surface area contributed by atoms with E-state index in [9.17, 15) is 9.59 Å². The molecule has 6 heteroatoms. The van der Waals surface area contributed by atoms with E-state index in [1.807, 2.05) is 43.3 Å². The third-order valence-corrected chi connectivity index (χ3v) is 4.28. The summed E-state index contributed by atoms with van der Waals surface area (Å²) in [5.41, 5.74) is 1.64. The molecule has 6 nitrogen and oxygen atoms in total. The highest BCUT2D eigenvalue weighted by Crippen LogP contribution is 2.19. The average molecular weight is 413 g/mol. The van der Waals surface area contributed by atoms with Crippen molar-refractivity contribution in [3.63, 3.8) is 0 Å². The van der Waals surface area contributed by atoms with Gasteiger partial charge in [0.05, 0.1) is 12.6 Å². The van der Waals surface area contributed by atoms with Crippen molar-refractivity contribution < 1.29 is 19.1 Å². The molecule has 0 aromatic heterocycles. The van der Waals surface area contributed by atoms with E-state index in [-0.39, 0.29) is 18.5 Å². The van der Waals surface area contributed by atoms with Gasteiger partial charge in [-0.15, -0.1) is 0 Å². The topological polar surface area (TPSA) is 76.7 Å². The molecule has 2 N–H and O–H groups in total. The summed E-state index contributed by atoms with van der Waals surface area (Å²) in [4.78, 5) is 24.8. The molecule has 0 radical (unpaired) electrons. The zero-order valence-electron chi connectivity index (χ0n) is 18.5. The molecule has 0 bridgehead atoms. The van der Waals surface area contributed by atoms with Gasteiger partial charge in [0.15, 0.2) is 0 Å². The van der Waals surface area contributed by atoms with Crippen LogP contribution in [0.15, 0.2) is 48.5 Å². The van der Waals surface area contributed by atoms with Gasteiger partial charge in [0.25, 0.3) is 5.91 Å². The standard InChI is InChI=1S/C24H32N2O4/c1-6-15-29-20-13-11-18(12-14-20)17(2)26-22(27)21-10-8-7-9-19(21)16-25-23(28)30-24(3,4)5/h7-14,17H,6,15-16H2,1-5H3,(H,25,28)(H,26,27). The number of nitrogens with one attached hydrogen (secondary N) is 2. The molecule has 0 fully saturated rings. The van der Waals surface area contributed by atoms with Crippen LogP contribution in [-0.4, -0.2) is 24.2 Å². The van der Waals surface area contributed by atoms with Crippen molar-refractivity contribution in [2.75, 3.05) is 6.61 Å². The molecular weight excluding hydrogens is 380 g/mol. The van der Waals surface area contributed by atoms with Gasteiger partial charge in [-0.05, 0) is 63.4 Å². The Kier molecular flexibility index (Phi) is 8.27. The number of alkyl carbamates (subject to hydrolysis) is 1. The number of hydrogen-bond acceptors (Lipinski definition) is 4. The van der Waals surface area contributed by atoms with Crippen molar-refractivity contribution >= 4 is 12.0 Å². The lowest BCUT2D eigenvalue weighted by Gasteiger charge is -2.20. The second kappa shape index (κ2) is 10.7. The SMILES string of the molecule is CCCOc1ccc(C(C)NC(=O)c2ccccc2CNC(=O)OC(C)(C)C)cc1. The lowest BCUT2D eigenvalue weighted by molar-refractivity contribution is 0.0522. The molecule has 1 unspecified atom stereocenters. The van der Waals surface area contributed by atoms with Crippen molar-refractivity contribution in [3.8, 4) is 5.75 Å². The molecule has 0 heterocycles. The summed E-state index contributed by atoms with van der Waals surface area (Å²) in [5, 5.41) is 5.72. The molecule has 0 saturated carbocycles. The van der Waals surface area contributed by atoms with Crippen LogP contribution in [0.5, 0.6) is 5.75 Å². The summed E-state index contributed by atoms with van der Waals surface area (Å²) in [6, 6.07) is 14.7. The fraction of sp³-hybridized carbons (Fsp3) is 0.417. The van der Waals surface area contributed by atoms with Crippen molar-refractivity contribution in [2.24, 2.45) is 0 Å². The predicted octanol–water partition coefficient (Wildman–Crippen LogP) is 4.99. The average Bonchev–Trinajstić information content (AvgIpc) is 2.70. The largest absolute Gasteiger partial charge is 0.494 e. The van der Waals surface area contributed by atoms with E-state index in [1.165, 1.54) is 0 Å². The zero-order valence-corrected chi connectivity index (χ0v) is 18.5. The van der Waals surface area contributed by atoms with Gasteiger partial charge in [-0.3, -0.25) is 4.79 Å². The Balaban J connectivity index is 2.00. The van der Waals surface area contributed by atoms with Gasteiger partial charge < -0.3 is 20.1 Å². The molecule has 162 valence electrons. The Morgan fingerprint density at radius 2 is 1.70 bits per heavy atom. The Labute approximate surface area is 179 Å². The van der Waals surface area contributed by atoms with E-state index in [0.29, 0.717) is 12.2 Å². The fourth-order valence-electron chi connectivity index (χ4n) is 2.81. The molecule has 30 heavy (non-hydrogen) atoms. The minimum atomic E-state index is -0.576. The van der Waals surface area contributed by atoms with Crippen LogP contribution >= 0.6 is 0 Å². The van der Waals surface area contributed by atoms with Gasteiger partial charge in [-0.2, -0.15) is 0 Å². The van der Waals surface area contributed by atoms with Gasteiger partial charge in [-0.1, -0.05) is 37.3 Å². The predicted molar refractivity (Wildman–Crippen MR) is 118 cm³/mol. The number of carbonyl (C=O) groups excluding carboxylic acids is 2. The Hall–Kier alpha value is -3.02. The van der Waals surface area contributed by atoms with Crippen molar-refractivity contribution in [2.45, 2.75) is 59.2 Å².